The van der Waals surface area contributed by atoms with Gasteiger partial charge in [0.05, 0.1) is 4.90 Å². The molecule has 0 heterocycles. The Bertz CT molecular complexity index is 567. The summed E-state index contributed by atoms with van der Waals surface area (Å²) in [5.74, 6) is 0.252. The highest BCUT2D eigenvalue weighted by Crippen LogP contribution is 2.14. The third kappa shape index (κ3) is 6.22. The minimum Gasteiger partial charge on any atom is -0.265 e. The summed E-state index contributed by atoms with van der Waals surface area (Å²) in [6.45, 7) is 5.55. The molecule has 0 aliphatic carbocycles. The van der Waals surface area contributed by atoms with E-state index in [0.717, 1.165) is 5.56 Å². The van der Waals surface area contributed by atoms with Gasteiger partial charge in [-0.05, 0) is 31.4 Å². The molecule has 0 fully saturated rings. The van der Waals surface area contributed by atoms with Gasteiger partial charge in [-0.15, -0.1) is 0 Å². The minimum absolute atomic E-state index is 0.183. The van der Waals surface area contributed by atoms with Gasteiger partial charge in [0, 0.05) is 17.4 Å². The average Bonchev–Trinajstić information content (AvgIpc) is 2.35. The Morgan fingerprint density at radius 2 is 1.81 bits per heavy atom. The van der Waals surface area contributed by atoms with E-state index in [1.807, 2.05) is 20.8 Å². The Kier molecular flexibility index (Phi) is 6.29. The number of hydrogen-bond acceptors (Lipinski definition) is 4. The van der Waals surface area contributed by atoms with Crippen LogP contribution in [0.15, 0.2) is 29.2 Å². The van der Waals surface area contributed by atoms with Crippen LogP contribution in [0.25, 0.3) is 0 Å². The Balaban J connectivity index is 2.84. The van der Waals surface area contributed by atoms with Crippen molar-refractivity contribution < 1.29 is 13.3 Å². The Hall–Kier alpha value is -1.47. The van der Waals surface area contributed by atoms with Crippen molar-refractivity contribution >= 4 is 10.0 Å². The van der Waals surface area contributed by atoms with Crippen molar-refractivity contribution in [2.45, 2.75) is 44.6 Å². The first-order valence-corrected chi connectivity index (χ1v) is 8.40. The molecule has 1 N–H and O–H groups in total. The van der Waals surface area contributed by atoms with Gasteiger partial charge in [-0.2, -0.15) is 0 Å². The molecule has 0 spiro atoms. The van der Waals surface area contributed by atoms with Gasteiger partial charge in [-0.3, -0.25) is 10.1 Å². The predicted octanol–water partition coefficient (Wildman–Crippen LogP) is 2.35. The summed E-state index contributed by atoms with van der Waals surface area (Å²) < 4.78 is 27.2. The number of nitro groups is 1. The molecule has 0 aromatic heterocycles. The van der Waals surface area contributed by atoms with Gasteiger partial charge < -0.3 is 0 Å². The number of rotatable bonds is 8. The maximum absolute atomic E-state index is 12.3. The van der Waals surface area contributed by atoms with Crippen LogP contribution < -0.4 is 4.72 Å². The highest BCUT2D eigenvalue weighted by molar-refractivity contribution is 7.89. The molecular weight excluding hydrogens is 292 g/mol. The van der Waals surface area contributed by atoms with Crippen LogP contribution in [-0.2, 0) is 10.0 Å². The fourth-order valence-corrected chi connectivity index (χ4v) is 3.34. The lowest BCUT2D eigenvalue weighted by Crippen LogP contribution is -2.37. The van der Waals surface area contributed by atoms with E-state index in [0.29, 0.717) is 6.42 Å². The second-order valence-corrected chi connectivity index (χ2v) is 7.32. The van der Waals surface area contributed by atoms with Crippen molar-refractivity contribution in [1.82, 2.24) is 4.72 Å². The summed E-state index contributed by atoms with van der Waals surface area (Å²) in [6, 6.07) is 6.10. The van der Waals surface area contributed by atoms with Gasteiger partial charge in [0.2, 0.25) is 16.6 Å². The van der Waals surface area contributed by atoms with Crippen LogP contribution >= 0.6 is 0 Å². The molecule has 0 aliphatic heterocycles. The first-order chi connectivity index (χ1) is 9.70. The van der Waals surface area contributed by atoms with Crippen molar-refractivity contribution in [3.63, 3.8) is 0 Å². The molecule has 118 valence electrons. The van der Waals surface area contributed by atoms with Crippen molar-refractivity contribution in [2.75, 3.05) is 6.54 Å². The summed E-state index contributed by atoms with van der Waals surface area (Å²) in [4.78, 5) is 10.3. The van der Waals surface area contributed by atoms with E-state index < -0.39 is 21.0 Å². The number of aryl methyl sites for hydroxylation is 1. The molecule has 0 saturated carbocycles. The summed E-state index contributed by atoms with van der Waals surface area (Å²) in [7, 11) is -3.64. The summed E-state index contributed by atoms with van der Waals surface area (Å²) in [5.41, 5.74) is 0.973. The summed E-state index contributed by atoms with van der Waals surface area (Å²) >= 11 is 0. The van der Waals surface area contributed by atoms with Crippen molar-refractivity contribution in [3.05, 3.63) is 39.9 Å². The normalized spacial score (nSPS) is 13.3. The van der Waals surface area contributed by atoms with E-state index in [1.165, 1.54) is 12.1 Å². The smallest absolute Gasteiger partial charge is 0.240 e. The number of nitrogens with one attached hydrogen (secondary N) is 1. The highest BCUT2D eigenvalue weighted by atomic mass is 32.2. The molecule has 0 bridgehead atoms. The van der Waals surface area contributed by atoms with Crippen LogP contribution in [0.1, 0.15) is 32.3 Å². The van der Waals surface area contributed by atoms with E-state index in [1.54, 1.807) is 12.1 Å². The number of benzene rings is 1. The van der Waals surface area contributed by atoms with Gasteiger partial charge in [-0.1, -0.05) is 31.5 Å². The third-order valence-corrected chi connectivity index (χ3v) is 4.61. The van der Waals surface area contributed by atoms with Gasteiger partial charge in [0.15, 0.2) is 0 Å². The Labute approximate surface area is 125 Å². The number of sulfonamides is 1. The SMILES string of the molecule is Cc1ccc(S(=O)(=O)NC(CC[N+](=O)[O-])CC(C)C)cc1. The Morgan fingerprint density at radius 3 is 2.29 bits per heavy atom. The molecule has 1 atom stereocenters. The minimum atomic E-state index is -3.64. The lowest BCUT2D eigenvalue weighted by molar-refractivity contribution is -0.480. The quantitative estimate of drug-likeness (QED) is 0.589. The maximum Gasteiger partial charge on any atom is 0.240 e. The van der Waals surface area contributed by atoms with Crippen molar-refractivity contribution in [3.8, 4) is 0 Å². The Morgan fingerprint density at radius 1 is 1.24 bits per heavy atom. The lowest BCUT2D eigenvalue weighted by Gasteiger charge is -2.19. The van der Waals surface area contributed by atoms with Gasteiger partial charge >= 0.3 is 0 Å². The molecule has 0 aliphatic rings. The fourth-order valence-electron chi connectivity index (χ4n) is 2.06. The van der Waals surface area contributed by atoms with Crippen molar-refractivity contribution in [1.29, 1.82) is 0 Å². The molecule has 0 radical (unpaired) electrons. The van der Waals surface area contributed by atoms with Crippen LogP contribution in [0.2, 0.25) is 0 Å². The van der Waals surface area contributed by atoms with E-state index in [2.05, 4.69) is 4.72 Å². The van der Waals surface area contributed by atoms with Crippen LogP contribution in [-0.4, -0.2) is 25.9 Å². The standard InChI is InChI=1S/C14H22N2O4S/c1-11(2)10-13(8-9-16(17)18)15-21(19,20)14-6-4-12(3)5-7-14/h4-7,11,13,15H,8-10H2,1-3H3. The molecule has 7 heteroatoms. The van der Waals surface area contributed by atoms with Crippen LogP contribution in [0.5, 0.6) is 0 Å². The summed E-state index contributed by atoms with van der Waals surface area (Å²) in [6.07, 6.45) is 0.759. The monoisotopic (exact) mass is 314 g/mol. The fraction of sp³-hybridized carbons (Fsp3) is 0.571. The predicted molar refractivity (Wildman–Crippen MR) is 81.2 cm³/mol. The zero-order valence-electron chi connectivity index (χ0n) is 12.6. The topological polar surface area (TPSA) is 89.3 Å². The second kappa shape index (κ2) is 7.51. The van der Waals surface area contributed by atoms with E-state index in [4.69, 9.17) is 0 Å². The number of nitrogens with zero attached hydrogens (tertiary/aromatic N) is 1. The molecule has 1 aromatic rings. The lowest BCUT2D eigenvalue weighted by atomic mass is 10.0. The molecule has 0 amide bonds. The zero-order chi connectivity index (χ0) is 16.0. The third-order valence-electron chi connectivity index (χ3n) is 3.07. The molecule has 21 heavy (non-hydrogen) atoms. The van der Waals surface area contributed by atoms with E-state index in [-0.39, 0.29) is 23.8 Å². The molecule has 6 nitrogen and oxygen atoms in total. The first-order valence-electron chi connectivity index (χ1n) is 6.91. The molecule has 1 rings (SSSR count). The van der Waals surface area contributed by atoms with Crippen molar-refractivity contribution in [2.24, 2.45) is 5.92 Å². The average molecular weight is 314 g/mol. The maximum atomic E-state index is 12.3. The number of hydrogen-bond donors (Lipinski definition) is 1. The van der Waals surface area contributed by atoms with Gasteiger partial charge in [0.1, 0.15) is 0 Å². The van der Waals surface area contributed by atoms with Crippen LogP contribution in [0.4, 0.5) is 0 Å². The van der Waals surface area contributed by atoms with Crippen LogP contribution in [0.3, 0.4) is 0 Å². The first kappa shape index (κ1) is 17.6. The second-order valence-electron chi connectivity index (χ2n) is 5.61. The molecular formula is C14H22N2O4S. The van der Waals surface area contributed by atoms with E-state index in [9.17, 15) is 18.5 Å². The largest absolute Gasteiger partial charge is 0.265 e. The summed E-state index contributed by atoms with van der Waals surface area (Å²) in [5, 5.41) is 10.5. The van der Waals surface area contributed by atoms with Gasteiger partial charge in [-0.25, -0.2) is 13.1 Å². The molecule has 1 unspecified atom stereocenters. The van der Waals surface area contributed by atoms with E-state index >= 15 is 0 Å². The van der Waals surface area contributed by atoms with Gasteiger partial charge in [0.25, 0.3) is 0 Å². The zero-order valence-corrected chi connectivity index (χ0v) is 13.4. The molecule has 1 aromatic carbocycles. The highest BCUT2D eigenvalue weighted by Gasteiger charge is 2.22. The molecule has 0 saturated heterocycles. The van der Waals surface area contributed by atoms with Crippen LogP contribution in [0, 0.1) is 23.0 Å².